The summed E-state index contributed by atoms with van der Waals surface area (Å²) >= 11 is 0. The predicted octanol–water partition coefficient (Wildman–Crippen LogP) is 6.77. The second-order valence-corrected chi connectivity index (χ2v) is 16.0. The number of hydrogen-bond acceptors (Lipinski definition) is 8. The Morgan fingerprint density at radius 2 is 1.27 bits per heavy atom. The van der Waals surface area contributed by atoms with E-state index < -0.39 is 54.0 Å². The average molecular weight is 613 g/mol. The first kappa shape index (κ1) is 31.6. The molecule has 0 saturated heterocycles. The van der Waals surface area contributed by atoms with Crippen molar-refractivity contribution in [1.82, 2.24) is 0 Å². The molecule has 0 spiro atoms. The number of fused-ring (bicyclic) bond motifs is 6. The number of rotatable bonds is 8. The lowest BCUT2D eigenvalue weighted by molar-refractivity contribution is -0.188. The van der Waals surface area contributed by atoms with Crippen molar-refractivity contribution < 1.29 is 38.1 Å². The van der Waals surface area contributed by atoms with E-state index in [1.54, 1.807) is 0 Å². The number of ether oxygens (including phenoxy) is 4. The fraction of sp³-hybridized carbons (Fsp3) is 0.833. The van der Waals surface area contributed by atoms with Crippen LogP contribution in [0.1, 0.15) is 130 Å². The third-order valence-corrected chi connectivity index (χ3v) is 11.4. The van der Waals surface area contributed by atoms with E-state index in [0.717, 1.165) is 57.8 Å². The summed E-state index contributed by atoms with van der Waals surface area (Å²) in [5.41, 5.74) is 0.158. The Labute approximate surface area is 262 Å². The summed E-state index contributed by atoms with van der Waals surface area (Å²) in [4.78, 5) is 51.7. The first-order valence-corrected chi connectivity index (χ1v) is 17.5. The number of carbonyl (C=O) groups excluding carboxylic acids is 4. The Kier molecular flexibility index (Phi) is 9.18. The molecule has 0 radical (unpaired) electrons. The van der Waals surface area contributed by atoms with Crippen molar-refractivity contribution in [2.75, 3.05) is 0 Å². The summed E-state index contributed by atoms with van der Waals surface area (Å²) in [6.45, 7) is 6.61. The summed E-state index contributed by atoms with van der Waals surface area (Å²) in [7, 11) is 0. The average Bonchev–Trinajstić information content (AvgIpc) is 2.85. The molecular weight excluding hydrogens is 560 g/mol. The molecule has 0 aromatic rings. The summed E-state index contributed by atoms with van der Waals surface area (Å²) in [6.07, 6.45) is 14.2. The molecule has 10 unspecified atom stereocenters. The molecule has 6 aliphatic carbocycles. The molecule has 0 N–H and O–H groups in total. The molecule has 5 saturated carbocycles. The highest BCUT2D eigenvalue weighted by Gasteiger charge is 2.50. The van der Waals surface area contributed by atoms with Gasteiger partial charge in [-0.2, -0.15) is 0 Å². The second-order valence-electron chi connectivity index (χ2n) is 16.0. The van der Waals surface area contributed by atoms with Crippen LogP contribution in [0.3, 0.4) is 0 Å². The molecule has 0 aromatic heterocycles. The van der Waals surface area contributed by atoms with Gasteiger partial charge >= 0.3 is 23.9 Å². The molecule has 0 amide bonds. The molecule has 5 fully saturated rings. The minimum atomic E-state index is -0.777. The monoisotopic (exact) mass is 612 g/mol. The van der Waals surface area contributed by atoms with Crippen LogP contribution in [0.25, 0.3) is 0 Å². The van der Waals surface area contributed by atoms with Gasteiger partial charge in [0.05, 0.1) is 0 Å². The molecule has 244 valence electrons. The minimum Gasteiger partial charge on any atom is -0.462 e. The van der Waals surface area contributed by atoms with Crippen molar-refractivity contribution in [3.05, 3.63) is 11.6 Å². The maximum absolute atomic E-state index is 13.1. The van der Waals surface area contributed by atoms with E-state index in [9.17, 15) is 19.2 Å². The van der Waals surface area contributed by atoms with Crippen LogP contribution >= 0.6 is 0 Å². The third-order valence-electron chi connectivity index (χ3n) is 11.4. The van der Waals surface area contributed by atoms with E-state index in [1.165, 1.54) is 18.4 Å². The number of carbonyl (C=O) groups is 4. The molecule has 0 aromatic carbocycles. The van der Waals surface area contributed by atoms with Gasteiger partial charge in [-0.3, -0.25) is 19.2 Å². The Hall–Kier alpha value is -2.38. The first-order chi connectivity index (χ1) is 20.9. The molecule has 10 atom stereocenters. The smallest absolute Gasteiger partial charge is 0.317 e. The highest BCUT2D eigenvalue weighted by atomic mass is 16.6. The van der Waals surface area contributed by atoms with Crippen molar-refractivity contribution in [2.45, 2.75) is 153 Å². The Bertz CT molecular complexity index is 1150. The molecule has 44 heavy (non-hydrogen) atoms. The van der Waals surface area contributed by atoms with Crippen LogP contribution in [0.2, 0.25) is 0 Å². The van der Waals surface area contributed by atoms with Gasteiger partial charge in [-0.15, -0.1) is 0 Å². The van der Waals surface area contributed by atoms with E-state index >= 15 is 0 Å². The lowest BCUT2D eigenvalue weighted by Crippen LogP contribution is -2.50. The van der Waals surface area contributed by atoms with Crippen LogP contribution in [-0.4, -0.2) is 47.3 Å². The lowest BCUT2D eigenvalue weighted by Gasteiger charge is -2.49. The van der Waals surface area contributed by atoms with Crippen molar-refractivity contribution >= 4 is 23.9 Å². The zero-order chi connectivity index (χ0) is 31.1. The van der Waals surface area contributed by atoms with E-state index in [1.807, 2.05) is 0 Å². The van der Waals surface area contributed by atoms with Gasteiger partial charge in [0.1, 0.15) is 36.3 Å². The molecular formula is C36H52O8. The number of esters is 4. The zero-order valence-corrected chi connectivity index (χ0v) is 27.0. The van der Waals surface area contributed by atoms with Gasteiger partial charge in [-0.05, 0) is 113 Å². The summed E-state index contributed by atoms with van der Waals surface area (Å²) in [5, 5.41) is 0. The van der Waals surface area contributed by atoms with Crippen molar-refractivity contribution in [3.8, 4) is 0 Å². The van der Waals surface area contributed by atoms with Gasteiger partial charge in [0.2, 0.25) is 0 Å². The van der Waals surface area contributed by atoms with Gasteiger partial charge in [0.15, 0.2) is 0 Å². The van der Waals surface area contributed by atoms with Gasteiger partial charge in [0, 0.05) is 12.8 Å². The molecule has 6 aliphatic rings. The van der Waals surface area contributed by atoms with E-state index in [0.29, 0.717) is 55.3 Å². The van der Waals surface area contributed by atoms with Crippen LogP contribution in [0, 0.1) is 35.5 Å². The maximum Gasteiger partial charge on any atom is 0.317 e. The van der Waals surface area contributed by atoms with Crippen molar-refractivity contribution in [1.29, 1.82) is 0 Å². The summed E-state index contributed by atoms with van der Waals surface area (Å²) in [5.74, 6) is 0.667. The maximum atomic E-state index is 13.1. The third kappa shape index (κ3) is 7.70. The molecule has 0 aliphatic heterocycles. The van der Waals surface area contributed by atoms with Crippen LogP contribution in [0.5, 0.6) is 0 Å². The normalized spacial score (nSPS) is 41.0. The molecule has 8 heteroatoms. The highest BCUT2D eigenvalue weighted by Crippen LogP contribution is 2.49. The zero-order valence-electron chi connectivity index (χ0n) is 27.0. The quantitative estimate of drug-likeness (QED) is 0.128. The molecule has 6 rings (SSSR count). The second kappa shape index (κ2) is 12.8. The predicted molar refractivity (Wildman–Crippen MR) is 162 cm³/mol. The largest absolute Gasteiger partial charge is 0.462 e. The van der Waals surface area contributed by atoms with Gasteiger partial charge < -0.3 is 18.9 Å². The van der Waals surface area contributed by atoms with E-state index in [-0.39, 0.29) is 12.0 Å². The summed E-state index contributed by atoms with van der Waals surface area (Å²) < 4.78 is 23.7. The first-order valence-electron chi connectivity index (χ1n) is 17.5. The van der Waals surface area contributed by atoms with Crippen molar-refractivity contribution in [2.24, 2.45) is 35.5 Å². The Morgan fingerprint density at radius 1 is 0.659 bits per heavy atom. The molecule has 8 nitrogen and oxygen atoms in total. The van der Waals surface area contributed by atoms with Crippen LogP contribution < -0.4 is 0 Å². The summed E-state index contributed by atoms with van der Waals surface area (Å²) in [6, 6.07) is 0. The SMILES string of the molecule is CC1C=C2CC(C1)CC(OC(=O)CC(=O)OC13CC(C)CC(CC(OC(=O)CC(=O)OC45CCCC(CC(C)C4)C5)C1)C3)C2. The topological polar surface area (TPSA) is 105 Å². The van der Waals surface area contributed by atoms with Gasteiger partial charge in [-0.1, -0.05) is 38.8 Å². The molecule has 0 heterocycles. The highest BCUT2D eigenvalue weighted by molar-refractivity contribution is 5.92. The van der Waals surface area contributed by atoms with Crippen molar-refractivity contribution in [3.63, 3.8) is 0 Å². The van der Waals surface area contributed by atoms with Crippen LogP contribution in [0.4, 0.5) is 0 Å². The van der Waals surface area contributed by atoms with Crippen LogP contribution in [0.15, 0.2) is 11.6 Å². The fourth-order valence-corrected chi connectivity index (χ4v) is 10.6. The Morgan fingerprint density at radius 3 is 2.00 bits per heavy atom. The fourth-order valence-electron chi connectivity index (χ4n) is 10.6. The molecule has 6 bridgehead atoms. The number of allylic oxidation sites excluding steroid dienone is 1. The Balaban J connectivity index is 1.00. The van der Waals surface area contributed by atoms with E-state index in [2.05, 4.69) is 26.8 Å². The van der Waals surface area contributed by atoms with E-state index in [4.69, 9.17) is 18.9 Å². The lowest BCUT2D eigenvalue weighted by atomic mass is 9.64. The minimum absolute atomic E-state index is 0.170. The standard InChI is InChI=1S/C36H52O8/c1-22-7-26-11-27(8-22)13-29(12-26)41-31(37)15-34(40)44-36-18-24(3)10-28(20-36)14-30(21-36)42-32(38)16-33(39)43-35-6-4-5-25(19-35)9-23(2)17-35/h7,22-25,27-30H,4-6,8-21H2,1-3H3. The van der Waals surface area contributed by atoms with Gasteiger partial charge in [-0.25, -0.2) is 0 Å². The van der Waals surface area contributed by atoms with Gasteiger partial charge in [0.25, 0.3) is 0 Å². The van der Waals surface area contributed by atoms with Crippen LogP contribution in [-0.2, 0) is 38.1 Å². The number of hydrogen-bond donors (Lipinski definition) is 0.